The molecule has 0 bridgehead atoms. The highest BCUT2D eigenvalue weighted by atomic mass is 36.0. The molecule has 2 aliphatic rings. The number of Topliss-reactive ketones (excluding diaryl/α,β-unsaturated/α-hetero) is 1. The van der Waals surface area contributed by atoms with E-state index < -0.39 is 21.1 Å². The van der Waals surface area contributed by atoms with Crippen LogP contribution in [0.5, 0.6) is 0 Å². The summed E-state index contributed by atoms with van der Waals surface area (Å²) < 4.78 is 19.7. The molecule has 2 saturated heterocycles. The van der Waals surface area contributed by atoms with Gasteiger partial charge in [0.15, 0.2) is 0 Å². The van der Waals surface area contributed by atoms with Crippen molar-refractivity contribution in [2.45, 2.75) is 84.1 Å². The Morgan fingerprint density at radius 3 is 1.54 bits per heavy atom. The number of carboxylic acid groups (broad SMARTS) is 1. The maximum absolute atomic E-state index is 11.6. The normalized spacial score (nSPS) is 22.0. The molecule has 2 fully saturated rings. The van der Waals surface area contributed by atoms with E-state index in [0.717, 1.165) is 32.4 Å². The Hall–Kier alpha value is -0.0400. The molecule has 0 aromatic heterocycles. The summed E-state index contributed by atoms with van der Waals surface area (Å²) in [5, 5.41) is 23.1. The van der Waals surface area contributed by atoms with E-state index in [2.05, 4.69) is 32.0 Å². The minimum absolute atomic E-state index is 0. The topological polar surface area (TPSA) is 134 Å². The fourth-order valence-electron chi connectivity index (χ4n) is 4.06. The molecule has 13 heteroatoms. The molecule has 0 saturated carbocycles. The Labute approximate surface area is 228 Å². The van der Waals surface area contributed by atoms with Crippen LogP contribution in [0.3, 0.4) is 0 Å². The highest BCUT2D eigenvalue weighted by Gasteiger charge is 2.33. The summed E-state index contributed by atoms with van der Waals surface area (Å²) in [4.78, 5) is 22.3. The Balaban J connectivity index is -0.000000453. The lowest BCUT2D eigenvalue weighted by atomic mass is 9.92. The first kappa shape index (κ1) is 39.5. The minimum atomic E-state index is -1.67. The average molecular weight is 588 g/mol. The number of methoxy groups -OCH3 is 2. The Bertz CT molecular complexity index is 563. The van der Waals surface area contributed by atoms with Crippen LogP contribution in [0, 0.1) is 11.8 Å². The molecule has 6 atom stereocenters. The summed E-state index contributed by atoms with van der Waals surface area (Å²) in [5.41, 5.74) is 0. The molecule has 0 spiro atoms. The second-order valence-corrected chi connectivity index (χ2v) is 10.6. The molecule has 0 aromatic carbocycles. The fraction of sp³-hybridized carbons (Fsp3) is 0.909. The van der Waals surface area contributed by atoms with Gasteiger partial charge in [0.05, 0.1) is 18.1 Å². The molecule has 0 aromatic rings. The SMILES string of the molecule is CCC(=O)[C@H](C)[C@@H](OC)[C@@H]1CCCN1.CCO.CO[C@@H]([C@@H]1CCCN1)[C@@H](C)C(=O)O.Cl.O=S(Cl)Cl. The van der Waals surface area contributed by atoms with Gasteiger partial charge in [-0.1, -0.05) is 13.8 Å². The van der Waals surface area contributed by atoms with E-state index in [9.17, 15) is 9.59 Å². The van der Waals surface area contributed by atoms with E-state index in [1.165, 1.54) is 6.42 Å². The number of carboxylic acids is 1. The predicted molar refractivity (Wildman–Crippen MR) is 145 cm³/mol. The summed E-state index contributed by atoms with van der Waals surface area (Å²) in [6, 6.07) is 0.571. The van der Waals surface area contributed by atoms with Crippen LogP contribution < -0.4 is 10.6 Å². The number of ether oxygens (including phenoxy) is 2. The monoisotopic (exact) mass is 586 g/mol. The third-order valence-electron chi connectivity index (χ3n) is 5.77. The van der Waals surface area contributed by atoms with E-state index in [-0.39, 0.29) is 43.2 Å². The Morgan fingerprint density at radius 1 is 0.971 bits per heavy atom. The second-order valence-electron chi connectivity index (χ2n) is 8.04. The van der Waals surface area contributed by atoms with Gasteiger partial charge in [0.25, 0.3) is 0 Å². The summed E-state index contributed by atoms with van der Waals surface area (Å²) in [6.45, 7) is 9.53. The zero-order valence-electron chi connectivity index (χ0n) is 21.6. The van der Waals surface area contributed by atoms with Crippen molar-refractivity contribution >= 4 is 54.8 Å². The molecule has 0 aliphatic carbocycles. The Kier molecular flexibility index (Phi) is 27.4. The molecule has 4 N–H and O–H groups in total. The van der Waals surface area contributed by atoms with Crippen LogP contribution in [-0.2, 0) is 28.3 Å². The number of rotatable bonds is 9. The van der Waals surface area contributed by atoms with Crippen molar-refractivity contribution in [2.24, 2.45) is 11.8 Å². The summed E-state index contributed by atoms with van der Waals surface area (Å²) >= 11 is 0. The predicted octanol–water partition coefficient (Wildman–Crippen LogP) is 3.31. The van der Waals surface area contributed by atoms with Gasteiger partial charge in [0.2, 0.25) is 9.23 Å². The van der Waals surface area contributed by atoms with Crippen LogP contribution in [0.1, 0.15) is 59.8 Å². The van der Waals surface area contributed by atoms with Crippen molar-refractivity contribution in [3.63, 3.8) is 0 Å². The summed E-state index contributed by atoms with van der Waals surface area (Å²) in [7, 11) is 10.6. The number of aliphatic carboxylic acids is 1. The quantitative estimate of drug-likeness (QED) is 0.300. The molecule has 0 amide bonds. The van der Waals surface area contributed by atoms with Gasteiger partial charge < -0.3 is 30.3 Å². The Morgan fingerprint density at radius 2 is 1.31 bits per heavy atom. The number of halogens is 3. The van der Waals surface area contributed by atoms with Gasteiger partial charge in [0.1, 0.15) is 5.78 Å². The van der Waals surface area contributed by atoms with Crippen molar-refractivity contribution in [1.29, 1.82) is 0 Å². The number of nitrogens with one attached hydrogen (secondary N) is 2. The number of aliphatic hydroxyl groups excluding tert-OH is 1. The lowest BCUT2D eigenvalue weighted by Gasteiger charge is -2.27. The zero-order chi connectivity index (χ0) is 26.7. The smallest absolute Gasteiger partial charge is 0.308 e. The van der Waals surface area contributed by atoms with Crippen molar-refractivity contribution < 1.29 is 33.5 Å². The van der Waals surface area contributed by atoms with Crippen molar-refractivity contribution in [1.82, 2.24) is 10.6 Å². The van der Waals surface area contributed by atoms with E-state index in [4.69, 9.17) is 23.9 Å². The number of aliphatic hydroxyl groups is 1. The summed E-state index contributed by atoms with van der Waals surface area (Å²) in [5.74, 6) is -0.924. The molecule has 9 nitrogen and oxygen atoms in total. The molecule has 0 radical (unpaired) electrons. The lowest BCUT2D eigenvalue weighted by molar-refractivity contribution is -0.146. The van der Waals surface area contributed by atoms with Crippen LogP contribution in [0.15, 0.2) is 0 Å². The molecule has 0 unspecified atom stereocenters. The fourth-order valence-corrected chi connectivity index (χ4v) is 4.06. The first-order valence-corrected chi connectivity index (χ1v) is 14.4. The number of ketones is 1. The molecular weight excluding hydrogens is 543 g/mol. The number of carbonyl (C=O) groups excluding carboxylic acids is 1. The second kappa shape index (κ2) is 24.3. The molecule has 2 rings (SSSR count). The number of hydrogen-bond donors (Lipinski definition) is 4. The third kappa shape index (κ3) is 18.0. The van der Waals surface area contributed by atoms with E-state index >= 15 is 0 Å². The largest absolute Gasteiger partial charge is 0.481 e. The standard InChI is InChI=1S/C11H21NO2.C9H17NO3.C2H6O.Cl2OS.ClH/c1-4-10(13)8(2)11(14-3)9-6-5-7-12-9;1-6(9(11)12)8(13-2)7-4-3-5-10-7;1-2-3;1-4(2)3;/h8-9,11-12H,4-7H2,1-3H3;6-8,10H,3-5H2,1-2H3,(H,11,12);3H,2H2,1H3;;1H/t8-,9-,11+;6-,7+,8-;;;/m01.../s1. The van der Waals surface area contributed by atoms with Crippen LogP contribution >= 0.6 is 33.8 Å². The van der Waals surface area contributed by atoms with Crippen molar-refractivity contribution in [3.05, 3.63) is 0 Å². The van der Waals surface area contributed by atoms with Gasteiger partial charge in [0, 0.05) is 66.6 Å². The van der Waals surface area contributed by atoms with E-state index in [0.29, 0.717) is 18.2 Å². The van der Waals surface area contributed by atoms with E-state index in [1.54, 1.807) is 28.1 Å². The zero-order valence-corrected chi connectivity index (χ0v) is 24.8. The third-order valence-corrected chi connectivity index (χ3v) is 5.77. The van der Waals surface area contributed by atoms with Gasteiger partial charge >= 0.3 is 5.97 Å². The molecule has 2 heterocycles. The lowest BCUT2D eigenvalue weighted by Crippen LogP contribution is -2.43. The molecule has 2 aliphatic heterocycles. The van der Waals surface area contributed by atoms with Gasteiger partial charge in [-0.3, -0.25) is 9.59 Å². The highest BCUT2D eigenvalue weighted by Crippen LogP contribution is 2.20. The highest BCUT2D eigenvalue weighted by molar-refractivity contribution is 8.26. The molecule has 35 heavy (non-hydrogen) atoms. The summed E-state index contributed by atoms with van der Waals surface area (Å²) in [6.07, 6.45) is 4.88. The van der Waals surface area contributed by atoms with Crippen LogP contribution in [-0.4, -0.2) is 84.4 Å². The van der Waals surface area contributed by atoms with Gasteiger partial charge in [-0.15, -0.1) is 12.4 Å². The van der Waals surface area contributed by atoms with Crippen LogP contribution in [0.2, 0.25) is 0 Å². The maximum Gasteiger partial charge on any atom is 0.308 e. The number of hydrogen-bond acceptors (Lipinski definition) is 8. The number of carbonyl (C=O) groups is 2. The van der Waals surface area contributed by atoms with Crippen LogP contribution in [0.4, 0.5) is 0 Å². The molecule has 212 valence electrons. The van der Waals surface area contributed by atoms with Crippen molar-refractivity contribution in [3.8, 4) is 0 Å². The average Bonchev–Trinajstić information content (AvgIpc) is 3.49. The van der Waals surface area contributed by atoms with Gasteiger partial charge in [-0.25, -0.2) is 4.21 Å². The maximum atomic E-state index is 11.6. The first-order valence-electron chi connectivity index (χ1n) is 11.6. The first-order chi connectivity index (χ1) is 16.0. The molecular formula is C22H45Cl3N2O7S. The van der Waals surface area contributed by atoms with Crippen LogP contribution in [0.25, 0.3) is 0 Å². The van der Waals surface area contributed by atoms with Gasteiger partial charge in [-0.05, 0) is 52.6 Å². The van der Waals surface area contributed by atoms with Gasteiger partial charge in [-0.2, -0.15) is 0 Å². The van der Waals surface area contributed by atoms with E-state index in [1.807, 2.05) is 13.8 Å². The minimum Gasteiger partial charge on any atom is -0.481 e. The van der Waals surface area contributed by atoms with Crippen molar-refractivity contribution in [2.75, 3.05) is 33.9 Å².